The van der Waals surface area contributed by atoms with Crippen molar-refractivity contribution in [3.63, 3.8) is 0 Å². The lowest BCUT2D eigenvalue weighted by Gasteiger charge is -2.18. The molecule has 0 aliphatic carbocycles. The van der Waals surface area contributed by atoms with Crippen LogP contribution < -0.4 is 5.32 Å². The van der Waals surface area contributed by atoms with Gasteiger partial charge < -0.3 is 24.9 Å². The van der Waals surface area contributed by atoms with Gasteiger partial charge in [-0.05, 0) is 49.9 Å². The second-order valence-corrected chi connectivity index (χ2v) is 10.8. The number of nitrogens with one attached hydrogen (secondary N) is 1. The van der Waals surface area contributed by atoms with Gasteiger partial charge in [0.15, 0.2) is 0 Å². The van der Waals surface area contributed by atoms with Gasteiger partial charge >= 0.3 is 26.5 Å². The fourth-order valence-corrected chi connectivity index (χ4v) is 4.01. The van der Waals surface area contributed by atoms with Gasteiger partial charge in [-0.25, -0.2) is 0 Å². The summed E-state index contributed by atoms with van der Waals surface area (Å²) in [5.41, 5.74) is -8.45. The van der Waals surface area contributed by atoms with Gasteiger partial charge in [-0.2, -0.15) is 17.6 Å². The molecular formula is C20H25F4NO6P2. The van der Waals surface area contributed by atoms with Crippen molar-refractivity contribution in [3.05, 3.63) is 70.8 Å². The molecule has 0 saturated heterocycles. The molecule has 0 spiro atoms. The molecular weight excluding hydrogens is 488 g/mol. The molecule has 2 rings (SSSR count). The van der Waals surface area contributed by atoms with Crippen molar-refractivity contribution < 1.29 is 46.3 Å². The Morgan fingerprint density at radius 2 is 0.939 bits per heavy atom. The number of alkyl halides is 4. The average Bonchev–Trinajstić information content (AvgIpc) is 2.72. The Kier molecular flexibility index (Phi) is 9.04. The summed E-state index contributed by atoms with van der Waals surface area (Å²) in [6, 6.07) is 9.62. The van der Waals surface area contributed by atoms with Gasteiger partial charge in [0.25, 0.3) is 0 Å². The lowest BCUT2D eigenvalue weighted by molar-refractivity contribution is 0.0564. The fourth-order valence-electron chi connectivity index (χ4n) is 3.04. The zero-order valence-corrected chi connectivity index (χ0v) is 19.2. The highest BCUT2D eigenvalue weighted by molar-refractivity contribution is 7.52. The zero-order valence-electron chi connectivity index (χ0n) is 17.4. The molecule has 0 heterocycles. The first-order chi connectivity index (χ1) is 15.2. The molecule has 0 amide bonds. The van der Waals surface area contributed by atoms with Gasteiger partial charge in [0, 0.05) is 11.1 Å². The van der Waals surface area contributed by atoms with Crippen molar-refractivity contribution in [2.45, 2.75) is 37.0 Å². The van der Waals surface area contributed by atoms with Crippen LogP contribution in [0, 0.1) is 0 Å². The summed E-state index contributed by atoms with van der Waals surface area (Å²) in [5, 5.41) is 3.19. The predicted octanol–water partition coefficient (Wildman–Crippen LogP) is 4.30. The molecule has 0 aromatic heterocycles. The van der Waals surface area contributed by atoms with Crippen molar-refractivity contribution in [2.24, 2.45) is 0 Å². The van der Waals surface area contributed by atoms with Crippen LogP contribution in [0.4, 0.5) is 17.6 Å². The monoisotopic (exact) mass is 513 g/mol. The summed E-state index contributed by atoms with van der Waals surface area (Å²) in [4.78, 5) is 35.0. The van der Waals surface area contributed by atoms with Crippen molar-refractivity contribution in [1.29, 1.82) is 0 Å². The first-order valence-electron chi connectivity index (χ1n) is 9.93. The minimum atomic E-state index is -5.59. The summed E-state index contributed by atoms with van der Waals surface area (Å²) >= 11 is 0. The van der Waals surface area contributed by atoms with E-state index in [9.17, 15) is 26.7 Å². The lowest BCUT2D eigenvalue weighted by Crippen LogP contribution is -2.18. The second-order valence-electron chi connectivity index (χ2n) is 7.52. The molecule has 5 N–H and O–H groups in total. The van der Waals surface area contributed by atoms with Crippen LogP contribution in [0.1, 0.15) is 35.1 Å². The quantitative estimate of drug-likeness (QED) is 0.163. The van der Waals surface area contributed by atoms with E-state index in [0.29, 0.717) is 38.8 Å². The van der Waals surface area contributed by atoms with E-state index in [1.54, 1.807) is 0 Å². The van der Waals surface area contributed by atoms with Crippen LogP contribution in [0.25, 0.3) is 0 Å². The number of aryl methyl sites for hydroxylation is 2. The SMILES string of the molecule is O=P(O)(O)C(F)(F)c1ccc(CCCNCCCc2ccc(C(F)(F)P(=O)(O)O)cc2)cc1. The summed E-state index contributed by atoms with van der Waals surface area (Å²) in [5.74, 6) is 0. The molecule has 0 saturated carbocycles. The largest absolute Gasteiger partial charge is 0.399 e. The normalized spacial score (nSPS) is 13.3. The zero-order chi connectivity index (χ0) is 24.9. The minimum Gasteiger partial charge on any atom is -0.320 e. The van der Waals surface area contributed by atoms with Crippen LogP contribution in [0.3, 0.4) is 0 Å². The van der Waals surface area contributed by atoms with Crippen molar-refractivity contribution in [3.8, 4) is 0 Å². The molecule has 0 unspecified atom stereocenters. The number of halogens is 4. The molecule has 2 aromatic carbocycles. The highest BCUT2D eigenvalue weighted by Crippen LogP contribution is 2.59. The fraction of sp³-hybridized carbons (Fsp3) is 0.400. The Hall–Kier alpha value is -1.58. The average molecular weight is 513 g/mol. The van der Waals surface area contributed by atoms with Crippen molar-refractivity contribution >= 4 is 15.2 Å². The summed E-state index contributed by atoms with van der Waals surface area (Å²) in [7, 11) is -11.2. The van der Waals surface area contributed by atoms with Crippen LogP contribution in [0.15, 0.2) is 48.5 Å². The second kappa shape index (κ2) is 10.8. The summed E-state index contributed by atoms with van der Waals surface area (Å²) < 4.78 is 76.3. The van der Waals surface area contributed by atoms with E-state index in [1.807, 2.05) is 0 Å². The van der Waals surface area contributed by atoms with Gasteiger partial charge in [0.2, 0.25) is 0 Å². The minimum absolute atomic E-state index is 0.573. The van der Waals surface area contributed by atoms with Crippen LogP contribution in [0.5, 0.6) is 0 Å². The van der Waals surface area contributed by atoms with E-state index in [2.05, 4.69) is 5.32 Å². The molecule has 13 heteroatoms. The summed E-state index contributed by atoms with van der Waals surface area (Å²) in [6.07, 6.45) is 2.54. The molecule has 0 aliphatic rings. The molecule has 0 bridgehead atoms. The number of hydrogen-bond donors (Lipinski definition) is 5. The van der Waals surface area contributed by atoms with Crippen LogP contribution >= 0.6 is 15.2 Å². The Morgan fingerprint density at radius 1 is 0.636 bits per heavy atom. The number of benzene rings is 2. The van der Waals surface area contributed by atoms with Crippen molar-refractivity contribution in [2.75, 3.05) is 13.1 Å². The molecule has 2 aromatic rings. The molecule has 184 valence electrons. The maximum atomic E-state index is 13.6. The first kappa shape index (κ1) is 27.7. The lowest BCUT2D eigenvalue weighted by atomic mass is 10.1. The van der Waals surface area contributed by atoms with Gasteiger partial charge in [0.1, 0.15) is 0 Å². The highest BCUT2D eigenvalue weighted by Gasteiger charge is 2.51. The first-order valence-corrected chi connectivity index (χ1v) is 13.1. The molecule has 33 heavy (non-hydrogen) atoms. The Labute approximate surface area is 188 Å². The van der Waals surface area contributed by atoms with Gasteiger partial charge in [-0.15, -0.1) is 0 Å². The topological polar surface area (TPSA) is 127 Å². The highest BCUT2D eigenvalue weighted by atomic mass is 31.2. The standard InChI is InChI=1S/C20H25F4NO6P2/c21-19(22,32(26,27)28)17-9-5-15(6-10-17)3-1-13-25-14-2-4-16-7-11-18(12-8-16)20(23,24)33(29,30)31/h5-12,25H,1-4,13-14H2,(H2,26,27,28)(H2,29,30,31). The molecule has 0 aliphatic heterocycles. The molecule has 7 nitrogen and oxygen atoms in total. The Bertz CT molecular complexity index is 925. The van der Waals surface area contributed by atoms with Gasteiger partial charge in [-0.1, -0.05) is 48.5 Å². The Morgan fingerprint density at radius 3 is 1.21 bits per heavy atom. The van der Waals surface area contributed by atoms with Crippen LogP contribution in [-0.4, -0.2) is 32.7 Å². The van der Waals surface area contributed by atoms with Crippen LogP contribution in [-0.2, 0) is 33.3 Å². The predicted molar refractivity (Wildman–Crippen MR) is 114 cm³/mol. The third kappa shape index (κ3) is 7.20. The molecule has 0 atom stereocenters. The third-order valence-corrected chi connectivity index (χ3v) is 6.95. The third-order valence-electron chi connectivity index (χ3n) is 4.97. The van der Waals surface area contributed by atoms with E-state index in [-0.39, 0.29) is 0 Å². The van der Waals surface area contributed by atoms with Crippen LogP contribution in [0.2, 0.25) is 0 Å². The smallest absolute Gasteiger partial charge is 0.320 e. The molecule has 0 fully saturated rings. The van der Waals surface area contributed by atoms with Gasteiger partial charge in [-0.3, -0.25) is 9.13 Å². The van der Waals surface area contributed by atoms with Crippen molar-refractivity contribution in [1.82, 2.24) is 5.32 Å². The van der Waals surface area contributed by atoms with E-state index in [1.165, 1.54) is 24.3 Å². The number of hydrogen-bond acceptors (Lipinski definition) is 3. The maximum absolute atomic E-state index is 13.6. The Balaban J connectivity index is 1.69. The van der Waals surface area contributed by atoms with E-state index >= 15 is 0 Å². The number of rotatable bonds is 12. The summed E-state index contributed by atoms with van der Waals surface area (Å²) in [6.45, 7) is 1.27. The van der Waals surface area contributed by atoms with E-state index in [0.717, 1.165) is 35.4 Å². The van der Waals surface area contributed by atoms with E-state index < -0.39 is 37.6 Å². The van der Waals surface area contributed by atoms with Gasteiger partial charge in [0.05, 0.1) is 0 Å². The maximum Gasteiger partial charge on any atom is 0.399 e. The molecule has 0 radical (unpaired) electrons. The van der Waals surface area contributed by atoms with E-state index in [4.69, 9.17) is 19.6 Å².